The number of carbonyl (C=O) groups is 2. The van der Waals surface area contributed by atoms with Crippen LogP contribution in [0, 0.1) is 6.92 Å². The molecule has 0 spiro atoms. The second kappa shape index (κ2) is 15.8. The summed E-state index contributed by atoms with van der Waals surface area (Å²) in [5, 5.41) is 0. The van der Waals surface area contributed by atoms with Gasteiger partial charge in [-0.2, -0.15) is 8.42 Å². The van der Waals surface area contributed by atoms with E-state index >= 15 is 0 Å². The highest BCUT2D eigenvalue weighted by Gasteiger charge is 2.39. The van der Waals surface area contributed by atoms with Gasteiger partial charge in [0.2, 0.25) is 0 Å². The van der Waals surface area contributed by atoms with E-state index in [4.69, 9.17) is 22.6 Å². The van der Waals surface area contributed by atoms with Crippen LogP contribution in [0.3, 0.4) is 0 Å². The summed E-state index contributed by atoms with van der Waals surface area (Å²) in [4.78, 5) is 28.5. The zero-order valence-electron chi connectivity index (χ0n) is 30.6. The van der Waals surface area contributed by atoms with Crippen molar-refractivity contribution in [3.05, 3.63) is 103 Å². The van der Waals surface area contributed by atoms with E-state index in [2.05, 4.69) is 0 Å². The second-order valence-corrected chi connectivity index (χ2v) is 18.4. The molecule has 0 fully saturated rings. The maximum atomic E-state index is 14.3. The average Bonchev–Trinajstić information content (AvgIpc) is 3.04. The number of hydrogen-bond acceptors (Lipinski definition) is 10. The fraction of sp³-hybridized carbons (Fsp3) is 0.333. The first kappa shape index (κ1) is 39.3. The number of carbonyl (C=O) groups excluding carboxylic acids is 2. The molecule has 0 aliphatic carbocycles. The minimum Gasteiger partial charge on any atom is -0.482 e. The summed E-state index contributed by atoms with van der Waals surface area (Å²) < 4.78 is 57.8. The Morgan fingerprint density at radius 3 is 1.45 bits per heavy atom. The van der Waals surface area contributed by atoms with Gasteiger partial charge in [0.15, 0.2) is 13.2 Å². The predicted molar refractivity (Wildman–Crippen MR) is 198 cm³/mol. The Hall–Kier alpha value is -4.52. The van der Waals surface area contributed by atoms with Gasteiger partial charge in [0.05, 0.1) is 4.90 Å². The van der Waals surface area contributed by atoms with Crippen LogP contribution in [-0.2, 0) is 32.8 Å². The molecule has 0 aromatic heterocycles. The highest BCUT2D eigenvalue weighted by molar-refractivity contribution is 8.33. The monoisotopic (exact) mass is 737 g/mol. The summed E-state index contributed by atoms with van der Waals surface area (Å²) in [5.41, 5.74) is 0.373. The molecular formula is C39H47NO9S2. The highest BCUT2D eigenvalue weighted by Crippen LogP contribution is 2.71. The maximum Gasteiger partial charge on any atom is 0.344 e. The third kappa shape index (κ3) is 10.7. The lowest BCUT2D eigenvalue weighted by Crippen LogP contribution is -2.27. The molecule has 4 rings (SSSR count). The Morgan fingerprint density at radius 2 is 1.04 bits per heavy atom. The van der Waals surface area contributed by atoms with Crippen LogP contribution in [0.15, 0.2) is 117 Å². The molecule has 10 nitrogen and oxygen atoms in total. The van der Waals surface area contributed by atoms with Crippen molar-refractivity contribution < 1.29 is 40.6 Å². The van der Waals surface area contributed by atoms with E-state index in [0.717, 1.165) is 11.3 Å². The summed E-state index contributed by atoms with van der Waals surface area (Å²) in [6.45, 7) is 11.7. The molecular weight excluding hydrogens is 691 g/mol. The molecule has 0 amide bonds. The smallest absolute Gasteiger partial charge is 0.344 e. The van der Waals surface area contributed by atoms with E-state index in [0.29, 0.717) is 26.2 Å². The van der Waals surface area contributed by atoms with Crippen LogP contribution in [0.25, 0.3) is 0 Å². The Bertz CT molecular complexity index is 1850. The standard InChI is InChI=1S/C39H47NO9S2/c1-28-16-20-33(21-17-28)51(43,44)49-50(32-22-18-29(19-23-32)40(8)9,34-14-10-12-30(24-34)45-26-36(41)47-38(2,3)4)35-15-11-13-31(25-35)46-27-37(42)48-39(5,6)7/h10-25H,26-27H2,1-9H3. The van der Waals surface area contributed by atoms with Crippen molar-refractivity contribution in [3.8, 4) is 11.5 Å². The first-order chi connectivity index (χ1) is 23.8. The lowest BCUT2D eigenvalue weighted by molar-refractivity contribution is -0.158. The number of rotatable bonds is 13. The lowest BCUT2D eigenvalue weighted by atomic mass is 10.2. The molecule has 12 heteroatoms. The minimum absolute atomic E-state index is 0.0236. The molecule has 0 bridgehead atoms. The maximum absolute atomic E-state index is 14.3. The molecule has 0 atom stereocenters. The molecule has 0 radical (unpaired) electrons. The van der Waals surface area contributed by atoms with Gasteiger partial charge in [0.1, 0.15) is 22.7 Å². The molecule has 4 aromatic rings. The zero-order chi connectivity index (χ0) is 37.6. The highest BCUT2D eigenvalue weighted by atomic mass is 32.3. The van der Waals surface area contributed by atoms with Gasteiger partial charge in [-0.15, -0.1) is 0 Å². The van der Waals surface area contributed by atoms with Crippen molar-refractivity contribution in [3.63, 3.8) is 0 Å². The van der Waals surface area contributed by atoms with Crippen molar-refractivity contribution >= 4 is 38.1 Å². The van der Waals surface area contributed by atoms with Crippen LogP contribution in [-0.4, -0.2) is 58.9 Å². The summed E-state index contributed by atoms with van der Waals surface area (Å²) >= 11 is 0. The van der Waals surface area contributed by atoms with E-state index in [9.17, 15) is 18.0 Å². The third-order valence-electron chi connectivity index (χ3n) is 7.01. The Morgan fingerprint density at radius 1 is 0.608 bits per heavy atom. The fourth-order valence-electron chi connectivity index (χ4n) is 4.85. The van der Waals surface area contributed by atoms with Gasteiger partial charge < -0.3 is 23.8 Å². The molecule has 51 heavy (non-hydrogen) atoms. The van der Waals surface area contributed by atoms with Gasteiger partial charge in [0, 0.05) is 34.5 Å². The van der Waals surface area contributed by atoms with Gasteiger partial charge in [0.25, 0.3) is 0 Å². The van der Waals surface area contributed by atoms with Gasteiger partial charge in [-0.05, 0) is 132 Å². The molecule has 0 saturated heterocycles. The number of aryl methyl sites for hydroxylation is 1. The zero-order valence-corrected chi connectivity index (χ0v) is 32.2. The summed E-state index contributed by atoms with van der Waals surface area (Å²) in [6.07, 6.45) is 0. The van der Waals surface area contributed by atoms with E-state index < -0.39 is 43.6 Å². The summed E-state index contributed by atoms with van der Waals surface area (Å²) in [7, 11) is -3.78. The van der Waals surface area contributed by atoms with Crippen LogP contribution in [0.4, 0.5) is 5.69 Å². The van der Waals surface area contributed by atoms with Crippen LogP contribution in [0.5, 0.6) is 11.5 Å². The fourth-order valence-corrected chi connectivity index (χ4v) is 10.1. The number of esters is 2. The molecule has 0 aliphatic rings. The normalized spacial score (nSPS) is 12.5. The van der Waals surface area contributed by atoms with Crippen molar-refractivity contribution in [2.24, 2.45) is 0 Å². The summed E-state index contributed by atoms with van der Waals surface area (Å²) in [6, 6.07) is 27.4. The van der Waals surface area contributed by atoms with E-state index in [1.807, 2.05) is 50.2 Å². The molecule has 0 heterocycles. The van der Waals surface area contributed by atoms with Crippen molar-refractivity contribution in [1.29, 1.82) is 0 Å². The topological polar surface area (TPSA) is 118 Å². The Labute approximate surface area is 303 Å². The quantitative estimate of drug-likeness (QED) is 0.125. The first-order valence-electron chi connectivity index (χ1n) is 16.3. The SMILES string of the molecule is Cc1ccc(S(=O)(=O)OS(c2ccc(N(C)C)cc2)(c2cccc(OCC(=O)OC(C)(C)C)c2)c2cccc(OCC(=O)OC(C)(C)C)c2)cc1. The van der Waals surface area contributed by atoms with Crippen LogP contribution < -0.4 is 14.4 Å². The molecule has 0 aliphatic heterocycles. The van der Waals surface area contributed by atoms with E-state index in [1.54, 1.807) is 102 Å². The first-order valence-corrected chi connectivity index (χ1v) is 19.3. The molecule has 274 valence electrons. The third-order valence-corrected chi connectivity index (χ3v) is 12.2. The predicted octanol–water partition coefficient (Wildman–Crippen LogP) is 8.10. The van der Waals surface area contributed by atoms with Crippen molar-refractivity contribution in [2.45, 2.75) is 79.3 Å². The number of anilines is 1. The largest absolute Gasteiger partial charge is 0.482 e. The molecule has 4 aromatic carbocycles. The Kier molecular flexibility index (Phi) is 12.2. The van der Waals surface area contributed by atoms with Gasteiger partial charge in [-0.1, -0.05) is 29.8 Å². The van der Waals surface area contributed by atoms with Crippen molar-refractivity contribution in [2.75, 3.05) is 32.2 Å². The number of benzene rings is 4. The van der Waals surface area contributed by atoms with Crippen LogP contribution in [0.2, 0.25) is 0 Å². The number of hydrogen-bond donors (Lipinski definition) is 0. The summed E-state index contributed by atoms with van der Waals surface area (Å²) in [5.74, 6) is -0.514. The van der Waals surface area contributed by atoms with Gasteiger partial charge in [-0.3, -0.25) is 0 Å². The van der Waals surface area contributed by atoms with Gasteiger partial charge >= 0.3 is 22.1 Å². The van der Waals surface area contributed by atoms with Gasteiger partial charge in [-0.25, -0.2) is 13.2 Å². The second-order valence-electron chi connectivity index (χ2n) is 14.0. The van der Waals surface area contributed by atoms with Crippen molar-refractivity contribution in [1.82, 2.24) is 0 Å². The molecule has 0 unspecified atom stereocenters. The molecule has 0 N–H and O–H groups in total. The lowest BCUT2D eigenvalue weighted by Gasteiger charge is -2.39. The Balaban J connectivity index is 1.92. The molecule has 0 saturated carbocycles. The van der Waals surface area contributed by atoms with Crippen LogP contribution in [0.1, 0.15) is 47.1 Å². The van der Waals surface area contributed by atoms with E-state index in [1.165, 1.54) is 12.1 Å². The van der Waals surface area contributed by atoms with E-state index in [-0.39, 0.29) is 18.1 Å². The minimum atomic E-state index is -4.43. The van der Waals surface area contributed by atoms with Crippen LogP contribution >= 0.6 is 10.3 Å². The number of nitrogens with zero attached hydrogens (tertiary/aromatic N) is 1. The average molecular weight is 738 g/mol. The number of ether oxygens (including phenoxy) is 4.